The lowest BCUT2D eigenvalue weighted by Gasteiger charge is -2.15. The Morgan fingerprint density at radius 1 is 1.33 bits per heavy atom. The Morgan fingerprint density at radius 2 is 2.17 bits per heavy atom. The monoisotopic (exact) mass is 253 g/mol. The van der Waals surface area contributed by atoms with E-state index in [1.165, 1.54) is 0 Å². The molecule has 5 heteroatoms. The van der Waals surface area contributed by atoms with Crippen molar-refractivity contribution >= 4 is 0 Å². The molecule has 1 fully saturated rings. The molecule has 0 radical (unpaired) electrons. The normalized spacial score (nSPS) is 23.1. The van der Waals surface area contributed by atoms with Gasteiger partial charge in [-0.15, -0.1) is 0 Å². The minimum Gasteiger partial charge on any atom is -0.497 e. The van der Waals surface area contributed by atoms with E-state index in [2.05, 4.69) is 0 Å². The average molecular weight is 253 g/mol. The maximum absolute atomic E-state index is 5.79. The molecule has 1 heterocycles. The number of rotatable bonds is 5. The van der Waals surface area contributed by atoms with Crippen LogP contribution < -0.4 is 15.2 Å². The number of nitrogens with two attached hydrogens (primary N) is 1. The molecule has 2 atom stereocenters. The van der Waals surface area contributed by atoms with Gasteiger partial charge in [0.15, 0.2) is 6.29 Å². The van der Waals surface area contributed by atoms with Gasteiger partial charge in [-0.1, -0.05) is 0 Å². The summed E-state index contributed by atoms with van der Waals surface area (Å²) < 4.78 is 21.9. The highest BCUT2D eigenvalue weighted by molar-refractivity contribution is 5.42. The minimum atomic E-state index is -0.226. The fourth-order valence-electron chi connectivity index (χ4n) is 2.00. The second-order valence-electron chi connectivity index (χ2n) is 4.07. The summed E-state index contributed by atoms with van der Waals surface area (Å²) in [6.45, 7) is 1.06. The van der Waals surface area contributed by atoms with Gasteiger partial charge in [-0.2, -0.15) is 0 Å². The summed E-state index contributed by atoms with van der Waals surface area (Å²) in [7, 11) is 3.27. The van der Waals surface area contributed by atoms with Crippen LogP contribution in [0.15, 0.2) is 18.2 Å². The molecule has 18 heavy (non-hydrogen) atoms. The Morgan fingerprint density at radius 3 is 2.83 bits per heavy atom. The van der Waals surface area contributed by atoms with Crippen molar-refractivity contribution in [1.82, 2.24) is 0 Å². The molecule has 1 saturated heterocycles. The largest absolute Gasteiger partial charge is 0.497 e. The Hall–Kier alpha value is -1.30. The topological polar surface area (TPSA) is 62.9 Å². The van der Waals surface area contributed by atoms with E-state index in [0.717, 1.165) is 17.1 Å². The third kappa shape index (κ3) is 2.75. The second-order valence-corrected chi connectivity index (χ2v) is 4.07. The lowest BCUT2D eigenvalue weighted by Crippen LogP contribution is -2.14. The molecule has 0 amide bonds. The van der Waals surface area contributed by atoms with Crippen LogP contribution in [0.25, 0.3) is 0 Å². The van der Waals surface area contributed by atoms with Crippen molar-refractivity contribution in [3.63, 3.8) is 0 Å². The summed E-state index contributed by atoms with van der Waals surface area (Å²) in [6, 6.07) is 5.64. The van der Waals surface area contributed by atoms with Crippen LogP contribution in [-0.4, -0.2) is 33.7 Å². The predicted molar refractivity (Wildman–Crippen MR) is 66.8 cm³/mol. The molecule has 1 aliphatic heterocycles. The number of hydrogen-bond donors (Lipinski definition) is 1. The van der Waals surface area contributed by atoms with Crippen molar-refractivity contribution in [3.05, 3.63) is 23.8 Å². The Balaban J connectivity index is 2.16. The number of ether oxygens (including phenoxy) is 4. The molecule has 0 aliphatic carbocycles. The Labute approximate surface area is 107 Å². The van der Waals surface area contributed by atoms with Gasteiger partial charge in [0.1, 0.15) is 17.6 Å². The molecule has 2 N–H and O–H groups in total. The van der Waals surface area contributed by atoms with Crippen molar-refractivity contribution in [2.45, 2.75) is 18.8 Å². The zero-order valence-corrected chi connectivity index (χ0v) is 10.7. The molecule has 100 valence electrons. The van der Waals surface area contributed by atoms with Gasteiger partial charge in [0.2, 0.25) is 0 Å². The summed E-state index contributed by atoms with van der Waals surface area (Å²) in [5.74, 6) is 1.55. The fourth-order valence-corrected chi connectivity index (χ4v) is 2.00. The van der Waals surface area contributed by atoms with Crippen molar-refractivity contribution in [3.8, 4) is 11.5 Å². The highest BCUT2D eigenvalue weighted by atomic mass is 16.7. The third-order valence-corrected chi connectivity index (χ3v) is 2.94. The molecule has 5 nitrogen and oxygen atoms in total. The van der Waals surface area contributed by atoms with Crippen molar-refractivity contribution < 1.29 is 18.9 Å². The van der Waals surface area contributed by atoms with Gasteiger partial charge < -0.3 is 24.7 Å². The molecule has 0 bridgehead atoms. The van der Waals surface area contributed by atoms with Gasteiger partial charge in [-0.3, -0.25) is 0 Å². The standard InChI is InChI=1S/C13H19NO4/c1-15-9-3-4-11(16-2)10(7-9)12-8-17-13(18-12)5-6-14/h3-4,7,12-13H,5-6,8,14H2,1-2H3. The first kappa shape index (κ1) is 13.1. The van der Waals surface area contributed by atoms with Crippen LogP contribution in [-0.2, 0) is 9.47 Å². The average Bonchev–Trinajstić information content (AvgIpc) is 2.87. The lowest BCUT2D eigenvalue weighted by molar-refractivity contribution is -0.0609. The molecular formula is C13H19NO4. The minimum absolute atomic E-state index is 0.133. The van der Waals surface area contributed by atoms with Gasteiger partial charge in [0, 0.05) is 12.0 Å². The fraction of sp³-hybridized carbons (Fsp3) is 0.538. The van der Waals surface area contributed by atoms with Gasteiger partial charge in [0.25, 0.3) is 0 Å². The highest BCUT2D eigenvalue weighted by Gasteiger charge is 2.29. The van der Waals surface area contributed by atoms with Crippen LogP contribution in [0.5, 0.6) is 11.5 Å². The van der Waals surface area contributed by atoms with Gasteiger partial charge in [-0.05, 0) is 24.7 Å². The molecular weight excluding hydrogens is 234 g/mol. The van der Waals surface area contributed by atoms with E-state index in [4.69, 9.17) is 24.7 Å². The van der Waals surface area contributed by atoms with Crippen LogP contribution in [0.1, 0.15) is 18.1 Å². The second kappa shape index (κ2) is 6.04. The predicted octanol–water partition coefficient (Wildman–Crippen LogP) is 1.47. The molecule has 1 aromatic carbocycles. The van der Waals surface area contributed by atoms with E-state index < -0.39 is 0 Å². The first-order valence-corrected chi connectivity index (χ1v) is 5.97. The molecule has 2 rings (SSSR count). The van der Waals surface area contributed by atoms with Gasteiger partial charge >= 0.3 is 0 Å². The SMILES string of the molecule is COc1ccc(OC)c(C2COC(CCN)O2)c1. The molecule has 1 aliphatic rings. The summed E-state index contributed by atoms with van der Waals surface area (Å²) in [5, 5.41) is 0. The third-order valence-electron chi connectivity index (χ3n) is 2.94. The summed E-state index contributed by atoms with van der Waals surface area (Å²) in [5.41, 5.74) is 6.43. The van der Waals surface area contributed by atoms with Gasteiger partial charge in [0.05, 0.1) is 20.8 Å². The first-order valence-electron chi connectivity index (χ1n) is 5.97. The van der Waals surface area contributed by atoms with E-state index in [-0.39, 0.29) is 12.4 Å². The van der Waals surface area contributed by atoms with E-state index in [9.17, 15) is 0 Å². The van der Waals surface area contributed by atoms with Crippen molar-refractivity contribution in [2.75, 3.05) is 27.4 Å². The Kier molecular flexibility index (Phi) is 4.41. The molecule has 1 aromatic rings. The lowest BCUT2D eigenvalue weighted by atomic mass is 10.1. The van der Waals surface area contributed by atoms with Crippen LogP contribution >= 0.6 is 0 Å². The molecule has 0 aromatic heterocycles. The quantitative estimate of drug-likeness (QED) is 0.861. The number of benzene rings is 1. The van der Waals surface area contributed by atoms with E-state index >= 15 is 0 Å². The zero-order chi connectivity index (χ0) is 13.0. The number of hydrogen-bond acceptors (Lipinski definition) is 5. The Bertz CT molecular complexity index is 397. The summed E-state index contributed by atoms with van der Waals surface area (Å²) in [6.07, 6.45) is 0.338. The zero-order valence-electron chi connectivity index (χ0n) is 10.7. The van der Waals surface area contributed by atoms with Gasteiger partial charge in [-0.25, -0.2) is 0 Å². The van der Waals surface area contributed by atoms with Crippen LogP contribution in [0, 0.1) is 0 Å². The molecule has 0 spiro atoms. The molecule has 2 unspecified atom stereocenters. The number of methoxy groups -OCH3 is 2. The first-order chi connectivity index (χ1) is 8.78. The molecule has 0 saturated carbocycles. The van der Waals surface area contributed by atoms with E-state index in [1.54, 1.807) is 14.2 Å². The van der Waals surface area contributed by atoms with Crippen LogP contribution in [0.2, 0.25) is 0 Å². The summed E-state index contributed by atoms with van der Waals surface area (Å²) in [4.78, 5) is 0. The van der Waals surface area contributed by atoms with Crippen molar-refractivity contribution in [1.29, 1.82) is 0 Å². The van der Waals surface area contributed by atoms with Crippen LogP contribution in [0.3, 0.4) is 0 Å². The maximum atomic E-state index is 5.79. The van der Waals surface area contributed by atoms with Crippen molar-refractivity contribution in [2.24, 2.45) is 5.73 Å². The van der Waals surface area contributed by atoms with Crippen LogP contribution in [0.4, 0.5) is 0 Å². The maximum Gasteiger partial charge on any atom is 0.159 e. The van der Waals surface area contributed by atoms with E-state index in [0.29, 0.717) is 19.6 Å². The summed E-state index contributed by atoms with van der Waals surface area (Å²) >= 11 is 0. The highest BCUT2D eigenvalue weighted by Crippen LogP contribution is 2.35. The smallest absolute Gasteiger partial charge is 0.159 e. The van der Waals surface area contributed by atoms with E-state index in [1.807, 2.05) is 18.2 Å².